The molecule has 1 N–H and O–H groups in total. The van der Waals surface area contributed by atoms with Crippen molar-refractivity contribution < 1.29 is 9.90 Å². The number of carboxylic acids is 1. The summed E-state index contributed by atoms with van der Waals surface area (Å²) in [6, 6.07) is 0. The molecule has 0 bridgehead atoms. The minimum absolute atomic E-state index is 0.115. The van der Waals surface area contributed by atoms with Crippen LogP contribution in [0.3, 0.4) is 0 Å². The molecule has 0 aromatic carbocycles. The smallest absolute Gasteiger partial charge is 0.330 e. The van der Waals surface area contributed by atoms with Crippen LogP contribution in [0.1, 0.15) is 96.4 Å². The quantitative estimate of drug-likeness (QED) is 0.489. The first kappa shape index (κ1) is 25.2. The van der Waals surface area contributed by atoms with Crippen molar-refractivity contribution in [3.63, 3.8) is 0 Å². The number of allylic oxidation sites excluding steroid dienone is 1. The Hall–Kier alpha value is -0.790. The van der Waals surface area contributed by atoms with Gasteiger partial charge in [-0.05, 0) is 64.6 Å². The average molecular weight is 393 g/mol. The molecule has 1 rings (SSSR count). The SMILES string of the molecule is CC(=CC1CC(C(C)(C)C)C(C(C)(C)C)C(C(C)(C)C)C1C(C)(C)C)C(=O)O. The Balaban J connectivity index is 3.79. The second kappa shape index (κ2) is 7.80. The van der Waals surface area contributed by atoms with Gasteiger partial charge in [-0.1, -0.05) is 89.2 Å². The molecule has 5 unspecified atom stereocenters. The molecule has 1 fully saturated rings. The maximum Gasteiger partial charge on any atom is 0.330 e. The Morgan fingerprint density at radius 1 is 0.714 bits per heavy atom. The first-order chi connectivity index (χ1) is 12.2. The van der Waals surface area contributed by atoms with Crippen LogP contribution in [-0.2, 0) is 4.79 Å². The molecule has 0 saturated heterocycles. The third-order valence-corrected chi connectivity index (χ3v) is 7.11. The largest absolute Gasteiger partial charge is 0.478 e. The van der Waals surface area contributed by atoms with Crippen molar-refractivity contribution in [1.82, 2.24) is 0 Å². The van der Waals surface area contributed by atoms with Crippen LogP contribution in [0.4, 0.5) is 0 Å². The maximum atomic E-state index is 11.6. The first-order valence-electron chi connectivity index (χ1n) is 11.1. The zero-order valence-electron chi connectivity index (χ0n) is 21.0. The average Bonchev–Trinajstić information content (AvgIpc) is 2.41. The minimum Gasteiger partial charge on any atom is -0.478 e. The molecule has 0 heterocycles. The summed E-state index contributed by atoms with van der Waals surface area (Å²) in [5.41, 5.74) is 1.16. The number of carbonyl (C=O) groups is 1. The lowest BCUT2D eigenvalue weighted by molar-refractivity contribution is -0.133. The second-order valence-electron chi connectivity index (χ2n) is 13.7. The molecule has 1 aliphatic rings. The van der Waals surface area contributed by atoms with Crippen LogP contribution in [-0.4, -0.2) is 11.1 Å². The number of hydrogen-bond acceptors (Lipinski definition) is 1. The molecule has 5 atom stereocenters. The van der Waals surface area contributed by atoms with E-state index in [9.17, 15) is 9.90 Å². The lowest BCUT2D eigenvalue weighted by Gasteiger charge is -2.62. The highest BCUT2D eigenvalue weighted by Crippen LogP contribution is 2.63. The van der Waals surface area contributed by atoms with Gasteiger partial charge in [0, 0.05) is 5.57 Å². The molecule has 0 aliphatic heterocycles. The summed E-state index contributed by atoms with van der Waals surface area (Å²) in [7, 11) is 0. The number of aliphatic carboxylic acids is 1. The fourth-order valence-electron chi connectivity index (χ4n) is 6.18. The van der Waals surface area contributed by atoms with Crippen molar-refractivity contribution in [2.24, 2.45) is 51.2 Å². The predicted molar refractivity (Wildman–Crippen MR) is 121 cm³/mol. The summed E-state index contributed by atoms with van der Waals surface area (Å²) in [4.78, 5) is 11.6. The zero-order valence-corrected chi connectivity index (χ0v) is 21.0. The molecule has 1 aliphatic carbocycles. The van der Waals surface area contributed by atoms with Gasteiger partial charge in [0.15, 0.2) is 0 Å². The van der Waals surface area contributed by atoms with E-state index in [-0.39, 0.29) is 21.7 Å². The Morgan fingerprint density at radius 2 is 1.11 bits per heavy atom. The van der Waals surface area contributed by atoms with Gasteiger partial charge in [0.25, 0.3) is 0 Å². The molecule has 0 amide bonds. The van der Waals surface area contributed by atoms with E-state index >= 15 is 0 Å². The summed E-state index contributed by atoms with van der Waals surface area (Å²) < 4.78 is 0. The molecule has 0 radical (unpaired) electrons. The number of rotatable bonds is 2. The number of hydrogen-bond donors (Lipinski definition) is 1. The van der Waals surface area contributed by atoms with Crippen LogP contribution in [0.5, 0.6) is 0 Å². The second-order valence-corrected chi connectivity index (χ2v) is 13.7. The maximum absolute atomic E-state index is 11.6. The van der Waals surface area contributed by atoms with E-state index in [1.54, 1.807) is 6.92 Å². The lowest BCUT2D eigenvalue weighted by atomic mass is 9.43. The van der Waals surface area contributed by atoms with Crippen molar-refractivity contribution in [3.8, 4) is 0 Å². The van der Waals surface area contributed by atoms with E-state index in [1.165, 1.54) is 0 Å². The van der Waals surface area contributed by atoms with Gasteiger partial charge in [-0.15, -0.1) is 0 Å². The summed E-state index contributed by atoms with van der Waals surface area (Å²) >= 11 is 0. The molecule has 28 heavy (non-hydrogen) atoms. The van der Waals surface area contributed by atoms with Crippen molar-refractivity contribution >= 4 is 5.97 Å². The topological polar surface area (TPSA) is 37.3 Å². The summed E-state index contributed by atoms with van der Waals surface area (Å²) in [5, 5.41) is 9.57. The van der Waals surface area contributed by atoms with E-state index in [2.05, 4.69) is 89.2 Å². The van der Waals surface area contributed by atoms with Gasteiger partial charge in [-0.2, -0.15) is 0 Å². The Labute approximate surface area is 175 Å². The highest BCUT2D eigenvalue weighted by molar-refractivity contribution is 5.85. The predicted octanol–water partition coefficient (Wildman–Crippen LogP) is 7.69. The summed E-state index contributed by atoms with van der Waals surface area (Å²) in [6.07, 6.45) is 3.17. The fraction of sp³-hybridized carbons (Fsp3) is 0.885. The van der Waals surface area contributed by atoms with E-state index in [0.29, 0.717) is 35.2 Å². The Morgan fingerprint density at radius 3 is 1.39 bits per heavy atom. The van der Waals surface area contributed by atoms with Crippen LogP contribution in [0, 0.1) is 51.2 Å². The third kappa shape index (κ3) is 5.63. The van der Waals surface area contributed by atoms with Crippen LogP contribution in [0.2, 0.25) is 0 Å². The van der Waals surface area contributed by atoms with Crippen molar-refractivity contribution in [1.29, 1.82) is 0 Å². The van der Waals surface area contributed by atoms with Crippen molar-refractivity contribution in [3.05, 3.63) is 11.6 Å². The van der Waals surface area contributed by atoms with E-state index in [1.807, 2.05) is 0 Å². The minimum atomic E-state index is -0.787. The molecule has 0 aromatic heterocycles. The lowest BCUT2D eigenvalue weighted by Crippen LogP contribution is -2.56. The van der Waals surface area contributed by atoms with Gasteiger partial charge < -0.3 is 5.11 Å². The monoisotopic (exact) mass is 392 g/mol. The Bertz CT molecular complexity index is 584. The number of carboxylic acid groups (broad SMARTS) is 1. The molecule has 0 spiro atoms. The molecule has 0 aromatic rings. The molecular weight excluding hydrogens is 344 g/mol. The van der Waals surface area contributed by atoms with E-state index < -0.39 is 5.97 Å². The third-order valence-electron chi connectivity index (χ3n) is 7.11. The molecule has 164 valence electrons. The first-order valence-corrected chi connectivity index (χ1v) is 11.1. The fourth-order valence-corrected chi connectivity index (χ4v) is 6.18. The summed E-state index contributed by atoms with van der Waals surface area (Å²) in [5.74, 6) is 1.62. The van der Waals surface area contributed by atoms with Gasteiger partial charge in [-0.3, -0.25) is 0 Å². The van der Waals surface area contributed by atoms with Gasteiger partial charge in [0.2, 0.25) is 0 Å². The van der Waals surface area contributed by atoms with Crippen LogP contribution < -0.4 is 0 Å². The summed E-state index contributed by atoms with van der Waals surface area (Å²) in [6.45, 7) is 30.3. The van der Waals surface area contributed by atoms with E-state index in [4.69, 9.17) is 0 Å². The van der Waals surface area contributed by atoms with Gasteiger partial charge in [-0.25, -0.2) is 4.79 Å². The van der Waals surface area contributed by atoms with E-state index in [0.717, 1.165) is 6.42 Å². The highest BCUT2D eigenvalue weighted by atomic mass is 16.4. The molecule has 2 heteroatoms. The van der Waals surface area contributed by atoms with Crippen LogP contribution in [0.25, 0.3) is 0 Å². The van der Waals surface area contributed by atoms with Crippen LogP contribution in [0.15, 0.2) is 11.6 Å². The van der Waals surface area contributed by atoms with Gasteiger partial charge in [0.1, 0.15) is 0 Å². The highest BCUT2D eigenvalue weighted by Gasteiger charge is 2.56. The molecular formula is C26H48O2. The normalized spacial score (nSPS) is 31.0. The molecule has 1 saturated carbocycles. The van der Waals surface area contributed by atoms with Crippen LogP contribution >= 0.6 is 0 Å². The van der Waals surface area contributed by atoms with Crippen molar-refractivity contribution in [2.75, 3.05) is 0 Å². The Kier molecular flexibility index (Phi) is 7.03. The molecule has 2 nitrogen and oxygen atoms in total. The van der Waals surface area contributed by atoms with Gasteiger partial charge in [0.05, 0.1) is 0 Å². The van der Waals surface area contributed by atoms with Crippen molar-refractivity contribution in [2.45, 2.75) is 96.4 Å². The standard InChI is InChI=1S/C26H48O2/c1-16(22(27)28)14-17-15-18(23(2,3)4)20(25(8,9)10)21(26(11,12)13)19(17)24(5,6)7/h14,17-21H,15H2,1-13H3,(H,27,28). The van der Waals surface area contributed by atoms with Gasteiger partial charge >= 0.3 is 5.97 Å². The zero-order chi connectivity index (χ0) is 22.5.